The van der Waals surface area contributed by atoms with Crippen LogP contribution in [0.3, 0.4) is 0 Å². The van der Waals surface area contributed by atoms with Gasteiger partial charge in [-0.15, -0.1) is 0 Å². The Balaban J connectivity index is 3.70. The highest BCUT2D eigenvalue weighted by Crippen LogP contribution is 2.12. The summed E-state index contributed by atoms with van der Waals surface area (Å²) in [5, 5.41) is 0. The van der Waals surface area contributed by atoms with Gasteiger partial charge in [0, 0.05) is 12.1 Å². The first-order valence-electron chi connectivity index (χ1n) is 5.89. The lowest BCUT2D eigenvalue weighted by Gasteiger charge is -2.31. The van der Waals surface area contributed by atoms with Gasteiger partial charge in [0.05, 0.1) is 0 Å². The van der Waals surface area contributed by atoms with Crippen molar-refractivity contribution in [1.29, 1.82) is 0 Å². The Hall–Kier alpha value is -0.0400. The molecule has 80 valence electrons. The van der Waals surface area contributed by atoms with E-state index < -0.39 is 0 Å². The summed E-state index contributed by atoms with van der Waals surface area (Å²) in [4.78, 5) is 2.58. The first kappa shape index (κ1) is 13.0. The topological polar surface area (TPSA) is 3.24 Å². The van der Waals surface area contributed by atoms with Gasteiger partial charge in [0.25, 0.3) is 0 Å². The highest BCUT2D eigenvalue weighted by atomic mass is 15.2. The fourth-order valence-corrected chi connectivity index (χ4v) is 2.04. The fraction of sp³-hybridized carbons (Fsp3) is 1.00. The third kappa shape index (κ3) is 5.30. The number of hydrogen-bond donors (Lipinski definition) is 0. The summed E-state index contributed by atoms with van der Waals surface area (Å²) in [7, 11) is 0. The molecule has 1 unspecified atom stereocenters. The summed E-state index contributed by atoms with van der Waals surface area (Å²) >= 11 is 0. The molecule has 1 atom stereocenters. The summed E-state index contributed by atoms with van der Waals surface area (Å²) in [5.74, 6) is 0. The molecule has 0 aromatic rings. The molecular weight excluding hydrogens is 158 g/mol. The van der Waals surface area contributed by atoms with Gasteiger partial charge in [0.15, 0.2) is 0 Å². The van der Waals surface area contributed by atoms with Crippen molar-refractivity contribution in [3.8, 4) is 0 Å². The van der Waals surface area contributed by atoms with Crippen molar-refractivity contribution in [2.24, 2.45) is 0 Å². The van der Waals surface area contributed by atoms with Gasteiger partial charge < -0.3 is 0 Å². The van der Waals surface area contributed by atoms with Crippen molar-refractivity contribution in [3.05, 3.63) is 0 Å². The molecule has 0 saturated carbocycles. The van der Waals surface area contributed by atoms with Crippen LogP contribution in [-0.2, 0) is 0 Å². The van der Waals surface area contributed by atoms with E-state index in [1.165, 1.54) is 32.2 Å². The molecular formula is C12H27N. The minimum atomic E-state index is 0.696. The molecule has 0 aromatic carbocycles. The van der Waals surface area contributed by atoms with Crippen molar-refractivity contribution in [3.63, 3.8) is 0 Å². The van der Waals surface area contributed by atoms with Crippen molar-refractivity contribution < 1.29 is 0 Å². The zero-order valence-electron chi connectivity index (χ0n) is 10.1. The van der Waals surface area contributed by atoms with Crippen molar-refractivity contribution >= 4 is 0 Å². The van der Waals surface area contributed by atoms with Crippen LogP contribution >= 0.6 is 0 Å². The minimum Gasteiger partial charge on any atom is -0.299 e. The molecule has 0 bridgehead atoms. The largest absolute Gasteiger partial charge is 0.299 e. The zero-order valence-corrected chi connectivity index (χ0v) is 10.1. The highest BCUT2D eigenvalue weighted by molar-refractivity contribution is 4.69. The van der Waals surface area contributed by atoms with E-state index in [1.807, 2.05) is 0 Å². The highest BCUT2D eigenvalue weighted by Gasteiger charge is 2.13. The first-order valence-corrected chi connectivity index (χ1v) is 5.89. The average molecular weight is 185 g/mol. The Morgan fingerprint density at radius 2 is 1.62 bits per heavy atom. The van der Waals surface area contributed by atoms with Crippen LogP contribution in [0.25, 0.3) is 0 Å². The van der Waals surface area contributed by atoms with Crippen LogP contribution in [0, 0.1) is 0 Å². The molecule has 0 fully saturated rings. The summed E-state index contributed by atoms with van der Waals surface area (Å²) in [6, 6.07) is 1.46. The van der Waals surface area contributed by atoms with Crippen LogP contribution in [-0.4, -0.2) is 23.5 Å². The molecule has 0 aliphatic heterocycles. The van der Waals surface area contributed by atoms with E-state index in [0.29, 0.717) is 6.04 Å². The molecule has 13 heavy (non-hydrogen) atoms. The summed E-state index contributed by atoms with van der Waals surface area (Å²) in [6.07, 6.45) is 5.47. The molecule has 1 nitrogen and oxygen atoms in total. The molecule has 0 spiro atoms. The number of nitrogens with zero attached hydrogens (tertiary/aromatic N) is 1. The van der Waals surface area contributed by atoms with Crippen LogP contribution in [0.1, 0.15) is 60.3 Å². The molecule has 0 radical (unpaired) electrons. The molecule has 0 amide bonds. The Morgan fingerprint density at radius 1 is 1.00 bits per heavy atom. The van der Waals surface area contributed by atoms with E-state index in [2.05, 4.69) is 39.5 Å². The van der Waals surface area contributed by atoms with Crippen LogP contribution in [0.15, 0.2) is 0 Å². The van der Waals surface area contributed by atoms with E-state index in [0.717, 1.165) is 6.04 Å². The van der Waals surface area contributed by atoms with Gasteiger partial charge in [-0.25, -0.2) is 0 Å². The van der Waals surface area contributed by atoms with Crippen LogP contribution in [0.5, 0.6) is 0 Å². The van der Waals surface area contributed by atoms with Gasteiger partial charge in [-0.1, -0.05) is 33.1 Å². The lowest BCUT2D eigenvalue weighted by atomic mass is 10.1. The summed E-state index contributed by atoms with van der Waals surface area (Å²) < 4.78 is 0. The van der Waals surface area contributed by atoms with E-state index in [1.54, 1.807) is 0 Å². The zero-order chi connectivity index (χ0) is 10.3. The Bertz CT molecular complexity index is 110. The fourth-order valence-electron chi connectivity index (χ4n) is 2.04. The molecule has 0 heterocycles. The van der Waals surface area contributed by atoms with E-state index >= 15 is 0 Å². The second kappa shape index (κ2) is 7.37. The maximum atomic E-state index is 2.58. The molecule has 0 saturated heterocycles. The predicted octanol–water partition coefficient (Wildman–Crippen LogP) is 3.69. The monoisotopic (exact) mass is 185 g/mol. The predicted molar refractivity (Wildman–Crippen MR) is 61.1 cm³/mol. The molecule has 0 aromatic heterocycles. The first-order chi connectivity index (χ1) is 6.13. The van der Waals surface area contributed by atoms with Gasteiger partial charge in [-0.3, -0.25) is 4.90 Å². The van der Waals surface area contributed by atoms with Crippen molar-refractivity contribution in [2.45, 2.75) is 72.4 Å². The maximum absolute atomic E-state index is 2.58. The third-order valence-electron chi connectivity index (χ3n) is 2.82. The summed E-state index contributed by atoms with van der Waals surface area (Å²) in [6.45, 7) is 12.7. The quantitative estimate of drug-likeness (QED) is 0.547. The lowest BCUT2D eigenvalue weighted by molar-refractivity contribution is 0.163. The third-order valence-corrected chi connectivity index (χ3v) is 2.82. The van der Waals surface area contributed by atoms with E-state index in [4.69, 9.17) is 0 Å². The van der Waals surface area contributed by atoms with Crippen LogP contribution < -0.4 is 0 Å². The normalized spacial score (nSPS) is 14.1. The number of unbranched alkanes of at least 4 members (excludes halogenated alkanes) is 2. The molecule has 0 aliphatic carbocycles. The molecule has 0 N–H and O–H groups in total. The van der Waals surface area contributed by atoms with Gasteiger partial charge >= 0.3 is 0 Å². The molecule has 0 rings (SSSR count). The van der Waals surface area contributed by atoms with Gasteiger partial charge in [-0.05, 0) is 33.7 Å². The van der Waals surface area contributed by atoms with Gasteiger partial charge in [0.2, 0.25) is 0 Å². The standard InChI is InChI=1S/C12H27N/c1-6-8-9-10-12(5)13(7-2)11(3)4/h11-12H,6-10H2,1-5H3. The Morgan fingerprint density at radius 3 is 2.00 bits per heavy atom. The number of rotatable bonds is 7. The van der Waals surface area contributed by atoms with Crippen LogP contribution in [0.4, 0.5) is 0 Å². The van der Waals surface area contributed by atoms with Gasteiger partial charge in [0.1, 0.15) is 0 Å². The lowest BCUT2D eigenvalue weighted by Crippen LogP contribution is -2.38. The SMILES string of the molecule is CCCCCC(C)N(CC)C(C)C. The maximum Gasteiger partial charge on any atom is 0.00695 e. The Labute approximate surface area is 84.5 Å². The minimum absolute atomic E-state index is 0.696. The average Bonchev–Trinajstić information content (AvgIpc) is 2.05. The van der Waals surface area contributed by atoms with Crippen molar-refractivity contribution in [1.82, 2.24) is 4.90 Å². The van der Waals surface area contributed by atoms with E-state index in [9.17, 15) is 0 Å². The van der Waals surface area contributed by atoms with E-state index in [-0.39, 0.29) is 0 Å². The van der Waals surface area contributed by atoms with Crippen LogP contribution in [0.2, 0.25) is 0 Å². The molecule has 0 aliphatic rings. The van der Waals surface area contributed by atoms with Gasteiger partial charge in [-0.2, -0.15) is 0 Å². The summed E-state index contributed by atoms with van der Waals surface area (Å²) in [5.41, 5.74) is 0. The second-order valence-corrected chi connectivity index (χ2v) is 4.27. The number of hydrogen-bond acceptors (Lipinski definition) is 1. The Kier molecular flexibility index (Phi) is 7.35. The second-order valence-electron chi connectivity index (χ2n) is 4.27. The smallest absolute Gasteiger partial charge is 0.00695 e. The van der Waals surface area contributed by atoms with Crippen molar-refractivity contribution in [2.75, 3.05) is 6.54 Å². The molecule has 1 heteroatoms.